The molecule has 0 saturated carbocycles. The van der Waals surface area contributed by atoms with Gasteiger partial charge in [0.1, 0.15) is 5.75 Å². The second-order valence-electron chi connectivity index (χ2n) is 11.8. The summed E-state index contributed by atoms with van der Waals surface area (Å²) in [4.78, 5) is 22.5. The fraction of sp³-hybridized carbons (Fsp3) is 0.444. The van der Waals surface area contributed by atoms with Crippen molar-refractivity contribution in [2.75, 3.05) is 58.9 Å². The van der Waals surface area contributed by atoms with E-state index in [1.165, 1.54) is 5.56 Å². The number of carbonyl (C=O) groups excluding carboxylic acids is 1. The molecule has 2 heterocycles. The maximum Gasteiger partial charge on any atom is 0.253 e. The standard InChI is InChI=1S/C36H47N5O3/c1-4-25-44-26-24-41-34-13-9-8-12-33(34)38-36(41)37-31-19-22-40(23-20-31)21-18-30(28-14-16-32(43-3)17-15-28)27-39(2)35(42)29-10-6-5-7-11-29/h5-17,30-31H,4,18-27H2,1-3H3,(H,37,38). The number of ether oxygens (including phenoxy) is 2. The van der Waals surface area contributed by atoms with Crippen LogP contribution in [0.5, 0.6) is 5.75 Å². The number of fused-ring (bicyclic) bond motifs is 1. The number of imidazole rings is 1. The second-order valence-corrected chi connectivity index (χ2v) is 11.8. The van der Waals surface area contributed by atoms with Gasteiger partial charge in [0, 0.05) is 57.4 Å². The van der Waals surface area contributed by atoms with Crippen molar-refractivity contribution in [2.45, 2.75) is 51.1 Å². The zero-order valence-electron chi connectivity index (χ0n) is 26.5. The van der Waals surface area contributed by atoms with Crippen molar-refractivity contribution in [3.8, 4) is 5.75 Å². The topological polar surface area (TPSA) is 71.9 Å². The smallest absolute Gasteiger partial charge is 0.253 e. The van der Waals surface area contributed by atoms with Gasteiger partial charge in [-0.2, -0.15) is 0 Å². The SMILES string of the molecule is CCCOCCn1c(NC2CCN(CCC(CN(C)C(=O)c3ccccc3)c3ccc(OC)cc3)CC2)nc2ccccc21. The lowest BCUT2D eigenvalue weighted by Crippen LogP contribution is -2.40. The van der Waals surface area contributed by atoms with Crippen LogP contribution in [0.4, 0.5) is 5.95 Å². The monoisotopic (exact) mass is 597 g/mol. The molecule has 0 aliphatic carbocycles. The lowest BCUT2D eigenvalue weighted by molar-refractivity contribution is 0.0782. The first-order chi connectivity index (χ1) is 21.6. The molecular weight excluding hydrogens is 550 g/mol. The first kappa shape index (κ1) is 31.5. The molecule has 1 amide bonds. The van der Waals surface area contributed by atoms with Gasteiger partial charge in [-0.1, -0.05) is 49.4 Å². The van der Waals surface area contributed by atoms with Crippen LogP contribution in [0.2, 0.25) is 0 Å². The summed E-state index contributed by atoms with van der Waals surface area (Å²) in [6.07, 6.45) is 4.13. The maximum absolute atomic E-state index is 13.1. The average Bonchev–Trinajstić information content (AvgIpc) is 3.42. The number of benzene rings is 3. The van der Waals surface area contributed by atoms with Crippen LogP contribution < -0.4 is 10.1 Å². The number of hydrogen-bond donors (Lipinski definition) is 1. The minimum absolute atomic E-state index is 0.0546. The highest BCUT2D eigenvalue weighted by atomic mass is 16.5. The molecule has 1 saturated heterocycles. The van der Waals surface area contributed by atoms with Crippen molar-refractivity contribution >= 4 is 22.9 Å². The number of para-hydroxylation sites is 2. The lowest BCUT2D eigenvalue weighted by Gasteiger charge is -2.34. The summed E-state index contributed by atoms with van der Waals surface area (Å²) in [5.41, 5.74) is 4.12. The third kappa shape index (κ3) is 8.18. The van der Waals surface area contributed by atoms with Crippen LogP contribution in [0.3, 0.4) is 0 Å². The number of likely N-dealkylation sites (N-methyl/N-ethyl adjacent to an activating group) is 1. The van der Waals surface area contributed by atoms with E-state index in [0.717, 1.165) is 86.8 Å². The van der Waals surface area contributed by atoms with Gasteiger partial charge in [0.2, 0.25) is 5.95 Å². The summed E-state index contributed by atoms with van der Waals surface area (Å²) in [7, 11) is 3.60. The van der Waals surface area contributed by atoms with Crippen molar-refractivity contribution in [2.24, 2.45) is 0 Å². The van der Waals surface area contributed by atoms with Gasteiger partial charge in [-0.25, -0.2) is 4.98 Å². The molecule has 1 aliphatic rings. The van der Waals surface area contributed by atoms with E-state index in [1.807, 2.05) is 60.5 Å². The molecule has 8 heteroatoms. The largest absolute Gasteiger partial charge is 0.497 e. The van der Waals surface area contributed by atoms with Gasteiger partial charge < -0.3 is 29.2 Å². The number of methoxy groups -OCH3 is 1. The third-order valence-electron chi connectivity index (χ3n) is 8.63. The molecule has 234 valence electrons. The Morgan fingerprint density at radius 2 is 1.70 bits per heavy atom. The molecule has 5 rings (SSSR count). The van der Waals surface area contributed by atoms with Gasteiger partial charge in [0.15, 0.2) is 0 Å². The summed E-state index contributed by atoms with van der Waals surface area (Å²) < 4.78 is 13.5. The van der Waals surface area contributed by atoms with E-state index in [-0.39, 0.29) is 11.8 Å². The molecule has 3 aromatic carbocycles. The van der Waals surface area contributed by atoms with Crippen LogP contribution in [0, 0.1) is 0 Å². The molecule has 8 nitrogen and oxygen atoms in total. The first-order valence-corrected chi connectivity index (χ1v) is 16.0. The zero-order chi connectivity index (χ0) is 30.7. The molecule has 1 unspecified atom stereocenters. The van der Waals surface area contributed by atoms with Crippen LogP contribution >= 0.6 is 0 Å². The quantitative estimate of drug-likeness (QED) is 0.162. The van der Waals surface area contributed by atoms with Crippen molar-refractivity contribution in [3.63, 3.8) is 0 Å². The van der Waals surface area contributed by atoms with Crippen molar-refractivity contribution in [1.29, 1.82) is 0 Å². The maximum atomic E-state index is 13.1. The Labute approximate surface area is 262 Å². The van der Waals surface area contributed by atoms with E-state index >= 15 is 0 Å². The van der Waals surface area contributed by atoms with E-state index in [4.69, 9.17) is 14.5 Å². The summed E-state index contributed by atoms with van der Waals surface area (Å²) in [6.45, 7) is 8.11. The predicted octanol–water partition coefficient (Wildman–Crippen LogP) is 6.29. The molecule has 1 aromatic heterocycles. The van der Waals surface area contributed by atoms with Crippen LogP contribution in [-0.2, 0) is 11.3 Å². The number of aromatic nitrogens is 2. The van der Waals surface area contributed by atoms with Crippen molar-refractivity contribution < 1.29 is 14.3 Å². The number of hydrogen-bond acceptors (Lipinski definition) is 6. The first-order valence-electron chi connectivity index (χ1n) is 16.0. The Kier molecular flexibility index (Phi) is 11.3. The molecule has 1 atom stereocenters. The van der Waals surface area contributed by atoms with E-state index < -0.39 is 0 Å². The number of likely N-dealkylation sites (tertiary alicyclic amines) is 1. The molecule has 4 aromatic rings. The molecule has 1 fully saturated rings. The number of nitrogens with one attached hydrogen (secondary N) is 1. The molecule has 1 aliphatic heterocycles. The zero-order valence-corrected chi connectivity index (χ0v) is 26.5. The van der Waals surface area contributed by atoms with E-state index in [9.17, 15) is 4.79 Å². The molecule has 44 heavy (non-hydrogen) atoms. The Bertz CT molecular complexity index is 1450. The van der Waals surface area contributed by atoms with Crippen molar-refractivity contribution in [3.05, 3.63) is 90.0 Å². The second kappa shape index (κ2) is 15.7. The number of rotatable bonds is 15. The summed E-state index contributed by atoms with van der Waals surface area (Å²) >= 11 is 0. The summed E-state index contributed by atoms with van der Waals surface area (Å²) in [5.74, 6) is 2.07. The number of nitrogens with zero attached hydrogens (tertiary/aromatic N) is 4. The molecule has 0 bridgehead atoms. The fourth-order valence-electron chi connectivity index (χ4n) is 6.09. The van der Waals surface area contributed by atoms with Crippen LogP contribution in [0.15, 0.2) is 78.9 Å². The number of carbonyl (C=O) groups is 1. The highest BCUT2D eigenvalue weighted by Crippen LogP contribution is 2.26. The summed E-state index contributed by atoms with van der Waals surface area (Å²) in [5, 5.41) is 3.77. The highest BCUT2D eigenvalue weighted by molar-refractivity contribution is 5.94. The lowest BCUT2D eigenvalue weighted by atomic mass is 9.94. The van der Waals surface area contributed by atoms with Gasteiger partial charge in [-0.3, -0.25) is 4.79 Å². The predicted molar refractivity (Wildman–Crippen MR) is 178 cm³/mol. The van der Waals surface area contributed by atoms with Crippen LogP contribution in [0.1, 0.15) is 54.4 Å². The molecule has 1 N–H and O–H groups in total. The third-order valence-corrected chi connectivity index (χ3v) is 8.63. The number of piperidine rings is 1. The van der Waals surface area contributed by atoms with E-state index in [0.29, 0.717) is 19.2 Å². The highest BCUT2D eigenvalue weighted by Gasteiger charge is 2.24. The van der Waals surface area contributed by atoms with Gasteiger partial charge in [0.25, 0.3) is 5.91 Å². The Balaban J connectivity index is 1.18. The minimum atomic E-state index is 0.0546. The van der Waals surface area contributed by atoms with E-state index in [2.05, 4.69) is 52.0 Å². The van der Waals surface area contributed by atoms with Gasteiger partial charge >= 0.3 is 0 Å². The minimum Gasteiger partial charge on any atom is -0.497 e. The Hall–Kier alpha value is -3.88. The molecule has 0 spiro atoms. The van der Waals surface area contributed by atoms with Gasteiger partial charge in [0.05, 0.1) is 24.8 Å². The molecular formula is C36H47N5O3. The van der Waals surface area contributed by atoms with Gasteiger partial charge in [-0.05, 0) is 74.2 Å². The Morgan fingerprint density at radius 3 is 2.43 bits per heavy atom. The average molecular weight is 598 g/mol. The fourth-order valence-corrected chi connectivity index (χ4v) is 6.09. The van der Waals surface area contributed by atoms with Crippen LogP contribution in [-0.4, -0.2) is 84.9 Å². The number of amides is 1. The van der Waals surface area contributed by atoms with E-state index in [1.54, 1.807) is 7.11 Å². The normalized spacial score (nSPS) is 14.9. The Morgan fingerprint density at radius 1 is 0.977 bits per heavy atom. The van der Waals surface area contributed by atoms with Gasteiger partial charge in [-0.15, -0.1) is 0 Å². The molecule has 0 radical (unpaired) electrons. The summed E-state index contributed by atoms with van der Waals surface area (Å²) in [6, 6.07) is 26.6. The van der Waals surface area contributed by atoms with Crippen molar-refractivity contribution in [1.82, 2.24) is 19.4 Å². The van der Waals surface area contributed by atoms with Crippen LogP contribution in [0.25, 0.3) is 11.0 Å². The number of anilines is 1.